The molecular formula is C15H15BrN2O. The lowest BCUT2D eigenvalue weighted by atomic mass is 10.1. The SMILES string of the molecule is Cc1c(Br)cccc1C(=O)NCCc1cccnc1. The van der Waals surface area contributed by atoms with Crippen LogP contribution in [-0.4, -0.2) is 17.4 Å². The second kappa shape index (κ2) is 6.48. The number of nitrogens with zero attached hydrogens (tertiary/aromatic N) is 1. The fourth-order valence-corrected chi connectivity index (χ4v) is 2.18. The summed E-state index contributed by atoms with van der Waals surface area (Å²) >= 11 is 3.43. The molecule has 0 aliphatic heterocycles. The van der Waals surface area contributed by atoms with Gasteiger partial charge in [0.15, 0.2) is 0 Å². The highest BCUT2D eigenvalue weighted by Gasteiger charge is 2.09. The van der Waals surface area contributed by atoms with Gasteiger partial charge in [-0.2, -0.15) is 0 Å². The molecule has 0 radical (unpaired) electrons. The summed E-state index contributed by atoms with van der Waals surface area (Å²) in [6, 6.07) is 9.54. The van der Waals surface area contributed by atoms with Gasteiger partial charge in [0.2, 0.25) is 0 Å². The van der Waals surface area contributed by atoms with E-state index in [1.165, 1.54) is 0 Å². The third kappa shape index (κ3) is 3.64. The summed E-state index contributed by atoms with van der Waals surface area (Å²) in [4.78, 5) is 16.1. The Hall–Kier alpha value is -1.68. The van der Waals surface area contributed by atoms with Crippen LogP contribution in [0.4, 0.5) is 0 Å². The molecule has 98 valence electrons. The Labute approximate surface area is 121 Å². The summed E-state index contributed by atoms with van der Waals surface area (Å²) in [7, 11) is 0. The quantitative estimate of drug-likeness (QED) is 0.941. The summed E-state index contributed by atoms with van der Waals surface area (Å²) in [5, 5.41) is 2.93. The molecule has 1 N–H and O–H groups in total. The molecular weight excluding hydrogens is 304 g/mol. The maximum atomic E-state index is 12.1. The first-order chi connectivity index (χ1) is 9.18. The van der Waals surface area contributed by atoms with Crippen LogP contribution in [0.15, 0.2) is 47.2 Å². The van der Waals surface area contributed by atoms with Gasteiger partial charge in [0, 0.05) is 29.0 Å². The molecule has 1 heterocycles. The Morgan fingerprint density at radius 3 is 2.89 bits per heavy atom. The molecule has 0 atom stereocenters. The smallest absolute Gasteiger partial charge is 0.251 e. The summed E-state index contributed by atoms with van der Waals surface area (Å²) < 4.78 is 0.951. The van der Waals surface area contributed by atoms with E-state index in [2.05, 4.69) is 26.2 Å². The summed E-state index contributed by atoms with van der Waals surface area (Å²) in [6.45, 7) is 2.54. The first-order valence-electron chi connectivity index (χ1n) is 6.10. The van der Waals surface area contributed by atoms with Gasteiger partial charge >= 0.3 is 0 Å². The van der Waals surface area contributed by atoms with Crippen molar-refractivity contribution in [3.63, 3.8) is 0 Å². The van der Waals surface area contributed by atoms with Gasteiger partial charge in [0.05, 0.1) is 0 Å². The molecule has 0 fully saturated rings. The molecule has 0 spiro atoms. The minimum atomic E-state index is -0.0392. The number of amides is 1. The molecule has 0 saturated heterocycles. The molecule has 3 nitrogen and oxygen atoms in total. The van der Waals surface area contributed by atoms with Gasteiger partial charge in [0.25, 0.3) is 5.91 Å². The van der Waals surface area contributed by atoms with Gasteiger partial charge in [-0.3, -0.25) is 9.78 Å². The van der Waals surface area contributed by atoms with Gasteiger partial charge < -0.3 is 5.32 Å². The predicted octanol–water partition coefficient (Wildman–Crippen LogP) is 3.13. The minimum absolute atomic E-state index is 0.0392. The van der Waals surface area contributed by atoms with Crippen LogP contribution >= 0.6 is 15.9 Å². The largest absolute Gasteiger partial charge is 0.352 e. The molecule has 2 aromatic rings. The maximum Gasteiger partial charge on any atom is 0.251 e. The molecule has 1 aromatic carbocycles. The van der Waals surface area contributed by atoms with Crippen molar-refractivity contribution in [3.8, 4) is 0 Å². The lowest BCUT2D eigenvalue weighted by Gasteiger charge is -2.08. The first-order valence-corrected chi connectivity index (χ1v) is 6.90. The van der Waals surface area contributed by atoms with Crippen LogP contribution in [0.3, 0.4) is 0 Å². The standard InChI is InChI=1S/C15H15BrN2O/c1-11-13(5-2-6-14(11)16)15(19)18-9-7-12-4-3-8-17-10-12/h2-6,8,10H,7,9H2,1H3,(H,18,19). The van der Waals surface area contributed by atoms with Crippen LogP contribution in [0.25, 0.3) is 0 Å². The van der Waals surface area contributed by atoms with E-state index in [0.717, 1.165) is 22.0 Å². The van der Waals surface area contributed by atoms with Crippen LogP contribution in [0.5, 0.6) is 0 Å². The van der Waals surface area contributed by atoms with Crippen LogP contribution in [0.2, 0.25) is 0 Å². The van der Waals surface area contributed by atoms with Gasteiger partial charge in [-0.15, -0.1) is 0 Å². The molecule has 19 heavy (non-hydrogen) atoms. The number of aromatic nitrogens is 1. The lowest BCUT2D eigenvalue weighted by Crippen LogP contribution is -2.26. The van der Waals surface area contributed by atoms with Crippen molar-refractivity contribution in [1.82, 2.24) is 10.3 Å². The zero-order valence-corrected chi connectivity index (χ0v) is 12.3. The Morgan fingerprint density at radius 1 is 1.32 bits per heavy atom. The zero-order chi connectivity index (χ0) is 13.7. The van der Waals surface area contributed by atoms with Crippen LogP contribution in [0.1, 0.15) is 21.5 Å². The van der Waals surface area contributed by atoms with Crippen LogP contribution in [0, 0.1) is 6.92 Å². The third-order valence-electron chi connectivity index (χ3n) is 2.93. The average molecular weight is 319 g/mol. The summed E-state index contributed by atoms with van der Waals surface area (Å²) in [5.41, 5.74) is 2.79. The highest BCUT2D eigenvalue weighted by molar-refractivity contribution is 9.10. The summed E-state index contributed by atoms with van der Waals surface area (Å²) in [5.74, 6) is -0.0392. The third-order valence-corrected chi connectivity index (χ3v) is 3.79. The fourth-order valence-electron chi connectivity index (χ4n) is 1.82. The Morgan fingerprint density at radius 2 is 2.16 bits per heavy atom. The van der Waals surface area contributed by atoms with Gasteiger partial charge in [-0.25, -0.2) is 0 Å². The van der Waals surface area contributed by atoms with Crippen molar-refractivity contribution >= 4 is 21.8 Å². The Bertz CT molecular complexity index is 570. The van der Waals surface area contributed by atoms with Crippen molar-refractivity contribution in [2.24, 2.45) is 0 Å². The molecule has 0 bridgehead atoms. The number of carbonyl (C=O) groups is 1. The number of pyridine rings is 1. The molecule has 0 aliphatic carbocycles. The molecule has 4 heteroatoms. The van der Waals surface area contributed by atoms with E-state index in [1.807, 2.05) is 43.5 Å². The van der Waals surface area contributed by atoms with Gasteiger partial charge in [0.1, 0.15) is 0 Å². The van der Waals surface area contributed by atoms with Crippen LogP contribution in [-0.2, 0) is 6.42 Å². The molecule has 0 aliphatic rings. The topological polar surface area (TPSA) is 42.0 Å². The lowest BCUT2D eigenvalue weighted by molar-refractivity contribution is 0.0953. The fraction of sp³-hybridized carbons (Fsp3) is 0.200. The monoisotopic (exact) mass is 318 g/mol. The molecule has 1 aromatic heterocycles. The average Bonchev–Trinajstić information content (AvgIpc) is 2.43. The highest BCUT2D eigenvalue weighted by atomic mass is 79.9. The summed E-state index contributed by atoms with van der Waals surface area (Å²) in [6.07, 6.45) is 4.34. The van der Waals surface area contributed by atoms with Crippen molar-refractivity contribution in [2.75, 3.05) is 6.54 Å². The van der Waals surface area contributed by atoms with E-state index in [-0.39, 0.29) is 5.91 Å². The first kappa shape index (κ1) is 13.7. The number of nitrogens with one attached hydrogen (secondary N) is 1. The normalized spacial score (nSPS) is 10.2. The van der Waals surface area contributed by atoms with Crippen molar-refractivity contribution in [2.45, 2.75) is 13.3 Å². The van der Waals surface area contributed by atoms with Crippen molar-refractivity contribution in [3.05, 3.63) is 63.9 Å². The molecule has 0 saturated carbocycles. The Kier molecular flexibility index (Phi) is 4.68. The van der Waals surface area contributed by atoms with Gasteiger partial charge in [-0.1, -0.05) is 28.1 Å². The highest BCUT2D eigenvalue weighted by Crippen LogP contribution is 2.19. The van der Waals surface area contributed by atoms with Crippen molar-refractivity contribution < 1.29 is 4.79 Å². The van der Waals surface area contributed by atoms with E-state index in [0.29, 0.717) is 12.1 Å². The number of rotatable bonds is 4. The maximum absolute atomic E-state index is 12.1. The van der Waals surface area contributed by atoms with E-state index in [9.17, 15) is 4.79 Å². The van der Waals surface area contributed by atoms with E-state index < -0.39 is 0 Å². The van der Waals surface area contributed by atoms with E-state index in [4.69, 9.17) is 0 Å². The number of halogens is 1. The van der Waals surface area contributed by atoms with E-state index >= 15 is 0 Å². The molecule has 1 amide bonds. The second-order valence-corrected chi connectivity index (χ2v) is 5.13. The van der Waals surface area contributed by atoms with Gasteiger partial charge in [-0.05, 0) is 42.7 Å². The number of hydrogen-bond acceptors (Lipinski definition) is 2. The second-order valence-electron chi connectivity index (χ2n) is 4.28. The van der Waals surface area contributed by atoms with Crippen molar-refractivity contribution in [1.29, 1.82) is 0 Å². The molecule has 2 rings (SSSR count). The number of benzene rings is 1. The van der Waals surface area contributed by atoms with E-state index in [1.54, 1.807) is 6.20 Å². The minimum Gasteiger partial charge on any atom is -0.352 e. The zero-order valence-electron chi connectivity index (χ0n) is 10.7. The van der Waals surface area contributed by atoms with Crippen LogP contribution < -0.4 is 5.32 Å². The molecule has 0 unspecified atom stereocenters. The number of hydrogen-bond donors (Lipinski definition) is 1. The number of carbonyl (C=O) groups excluding carboxylic acids is 1. The Balaban J connectivity index is 1.93. The predicted molar refractivity (Wildman–Crippen MR) is 79.2 cm³/mol.